The average molecular weight is 214 g/mol. The van der Waals surface area contributed by atoms with E-state index in [-0.39, 0.29) is 38.5 Å². The van der Waals surface area contributed by atoms with Crippen molar-refractivity contribution in [2.45, 2.75) is 6.92 Å². The molecule has 10 heavy (non-hydrogen) atoms. The van der Waals surface area contributed by atoms with Crippen molar-refractivity contribution in [2.24, 2.45) is 0 Å². The van der Waals surface area contributed by atoms with Gasteiger partial charge in [-0.05, 0) is 0 Å². The molecule has 1 aromatic rings. The Balaban J connectivity index is 0.000000810. The van der Waals surface area contributed by atoms with Gasteiger partial charge < -0.3 is 5.11 Å². The van der Waals surface area contributed by atoms with Crippen molar-refractivity contribution < 1.29 is 42.2 Å². The first-order valence-electron chi connectivity index (χ1n) is 2.57. The van der Waals surface area contributed by atoms with Crippen molar-refractivity contribution in [1.82, 2.24) is 0 Å². The van der Waals surface area contributed by atoms with E-state index in [2.05, 4.69) is 6.07 Å². The molecule has 0 bridgehead atoms. The van der Waals surface area contributed by atoms with E-state index in [0.717, 1.165) is 6.07 Å². The van der Waals surface area contributed by atoms with Crippen LogP contribution in [0.3, 0.4) is 0 Å². The first kappa shape index (κ1) is 10.1. The van der Waals surface area contributed by atoms with E-state index in [9.17, 15) is 4.39 Å². The molecule has 0 fully saturated rings. The predicted octanol–water partition coefficient (Wildman–Crippen LogP) is 1.64. The van der Waals surface area contributed by atoms with Gasteiger partial charge in [0.2, 0.25) is 0 Å². The van der Waals surface area contributed by atoms with Gasteiger partial charge in [-0.3, -0.25) is 0 Å². The summed E-state index contributed by atoms with van der Waals surface area (Å²) >= 11 is 0. The van der Waals surface area contributed by atoms with Gasteiger partial charge in [0.15, 0.2) is 0 Å². The molecule has 1 N–H and O–H groups in total. The summed E-state index contributed by atoms with van der Waals surface area (Å²) in [5.74, 6) is -0.573. The van der Waals surface area contributed by atoms with Crippen LogP contribution in [0.25, 0.3) is 0 Å². The fraction of sp³-hybridized carbons (Fsp3) is 0.143. The first-order valence-corrected chi connectivity index (χ1v) is 2.57. The Bertz CT molecular complexity index is 174. The maximum absolute atomic E-state index is 12.2. The van der Waals surface area contributed by atoms with E-state index in [1.54, 1.807) is 6.92 Å². The monoisotopic (exact) mass is 214 g/mol. The van der Waals surface area contributed by atoms with Crippen LogP contribution in [0.15, 0.2) is 12.1 Å². The number of aromatic hydroxyl groups is 1. The van der Waals surface area contributed by atoms with Gasteiger partial charge in [-0.2, -0.15) is 5.56 Å². The molecule has 0 aliphatic rings. The number of benzene rings is 1. The minimum absolute atomic E-state index is 0. The maximum atomic E-state index is 12.2. The van der Waals surface area contributed by atoms with Crippen molar-refractivity contribution >= 4 is 0 Å². The Morgan fingerprint density at radius 1 is 1.50 bits per heavy atom. The molecule has 0 heterocycles. The summed E-state index contributed by atoms with van der Waals surface area (Å²) in [6.07, 6.45) is 0. The van der Waals surface area contributed by atoms with Crippen molar-refractivity contribution in [2.75, 3.05) is 0 Å². The van der Waals surface area contributed by atoms with Gasteiger partial charge in [-0.15, -0.1) is 12.1 Å². The Morgan fingerprint density at radius 3 is 2.50 bits per heavy atom. The third kappa shape index (κ3) is 2.76. The standard InChI is InChI=1S/C7H6FO.Y/c1-5-2-6(8)4-7(9)3-5;/h3-4,9H,1H3;/q-1;. The van der Waals surface area contributed by atoms with E-state index in [1.807, 2.05) is 0 Å². The molecule has 0 saturated heterocycles. The van der Waals surface area contributed by atoms with Crippen molar-refractivity contribution in [3.05, 3.63) is 29.6 Å². The second kappa shape index (κ2) is 4.04. The van der Waals surface area contributed by atoms with Crippen LogP contribution in [0, 0.1) is 18.8 Å². The van der Waals surface area contributed by atoms with E-state index in [0.29, 0.717) is 5.56 Å². The summed E-state index contributed by atoms with van der Waals surface area (Å²) in [5, 5.41) is 8.73. The Labute approximate surface area is 84.1 Å². The number of rotatable bonds is 0. The van der Waals surface area contributed by atoms with E-state index < -0.39 is 5.82 Å². The minimum atomic E-state index is -0.521. The van der Waals surface area contributed by atoms with Crippen LogP contribution in [-0.2, 0) is 32.7 Å². The quantitative estimate of drug-likeness (QED) is 0.651. The van der Waals surface area contributed by atoms with Gasteiger partial charge in [-0.25, -0.2) is 4.39 Å². The van der Waals surface area contributed by atoms with E-state index in [1.165, 1.54) is 6.07 Å². The van der Waals surface area contributed by atoms with E-state index in [4.69, 9.17) is 5.11 Å². The van der Waals surface area contributed by atoms with E-state index >= 15 is 0 Å². The van der Waals surface area contributed by atoms with Gasteiger partial charge in [-0.1, -0.05) is 13.0 Å². The van der Waals surface area contributed by atoms with Crippen LogP contribution < -0.4 is 0 Å². The molecule has 0 aliphatic heterocycles. The molecular formula is C7H6FOY-. The SMILES string of the molecule is Cc1[c-]c(F)cc(O)c1.[Y]. The zero-order valence-corrected chi connectivity index (χ0v) is 8.40. The molecule has 0 spiro atoms. The van der Waals surface area contributed by atoms with Crippen LogP contribution >= 0.6 is 0 Å². The third-order valence-corrected chi connectivity index (χ3v) is 0.956. The molecule has 1 aromatic carbocycles. The predicted molar refractivity (Wildman–Crippen MR) is 31.6 cm³/mol. The largest absolute Gasteiger partial charge is 0.533 e. The number of hydrogen-bond acceptors (Lipinski definition) is 1. The minimum Gasteiger partial charge on any atom is -0.533 e. The van der Waals surface area contributed by atoms with Crippen LogP contribution in [0.4, 0.5) is 4.39 Å². The molecule has 0 saturated carbocycles. The van der Waals surface area contributed by atoms with Crippen molar-refractivity contribution in [3.8, 4) is 5.75 Å². The molecule has 51 valence electrons. The summed E-state index contributed by atoms with van der Waals surface area (Å²) in [6.45, 7) is 1.67. The molecule has 1 radical (unpaired) electrons. The number of phenols is 1. The van der Waals surface area contributed by atoms with Gasteiger partial charge in [0.1, 0.15) is 0 Å². The van der Waals surface area contributed by atoms with Crippen LogP contribution in [0.5, 0.6) is 5.75 Å². The Kier molecular flexibility index (Phi) is 4.06. The molecular weight excluding hydrogens is 208 g/mol. The van der Waals surface area contributed by atoms with Gasteiger partial charge in [0.05, 0.1) is 0 Å². The molecule has 1 nitrogen and oxygen atoms in total. The zero-order chi connectivity index (χ0) is 6.85. The van der Waals surface area contributed by atoms with Crippen molar-refractivity contribution in [1.29, 1.82) is 0 Å². The summed E-state index contributed by atoms with van der Waals surface area (Å²) < 4.78 is 12.2. The zero-order valence-electron chi connectivity index (χ0n) is 5.56. The van der Waals surface area contributed by atoms with Gasteiger partial charge in [0.25, 0.3) is 0 Å². The third-order valence-electron chi connectivity index (χ3n) is 0.956. The molecule has 0 atom stereocenters. The average Bonchev–Trinajstić information content (AvgIpc) is 1.59. The van der Waals surface area contributed by atoms with Crippen LogP contribution in [0.1, 0.15) is 5.56 Å². The van der Waals surface area contributed by atoms with Gasteiger partial charge in [0, 0.05) is 44.3 Å². The summed E-state index contributed by atoms with van der Waals surface area (Å²) in [6, 6.07) is 4.85. The summed E-state index contributed by atoms with van der Waals surface area (Å²) in [4.78, 5) is 0. The molecule has 0 aliphatic carbocycles. The van der Waals surface area contributed by atoms with Crippen LogP contribution in [0.2, 0.25) is 0 Å². The fourth-order valence-electron chi connectivity index (χ4n) is 0.654. The second-order valence-corrected chi connectivity index (χ2v) is 1.87. The number of hydrogen-bond donors (Lipinski definition) is 1. The first-order chi connectivity index (χ1) is 4.18. The normalized spacial score (nSPS) is 8.60. The topological polar surface area (TPSA) is 20.2 Å². The smallest absolute Gasteiger partial charge is 0.0145 e. The molecule has 1 rings (SSSR count). The number of halogens is 1. The Morgan fingerprint density at radius 2 is 2.10 bits per heavy atom. The van der Waals surface area contributed by atoms with Gasteiger partial charge >= 0.3 is 0 Å². The molecule has 0 amide bonds. The number of phenolic OH excluding ortho intramolecular Hbond substituents is 1. The second-order valence-electron chi connectivity index (χ2n) is 1.87. The summed E-state index contributed by atoms with van der Waals surface area (Å²) in [7, 11) is 0. The fourth-order valence-corrected chi connectivity index (χ4v) is 0.654. The molecule has 3 heteroatoms. The van der Waals surface area contributed by atoms with Crippen LogP contribution in [-0.4, -0.2) is 5.11 Å². The summed E-state index contributed by atoms with van der Waals surface area (Å²) in [5.41, 5.74) is 0.604. The molecule has 0 aromatic heterocycles. The Hall–Kier alpha value is 0.0539. The molecule has 0 unspecified atom stereocenters. The number of aryl methyl sites for hydroxylation is 1. The maximum Gasteiger partial charge on any atom is 0.0145 e. The van der Waals surface area contributed by atoms with Crippen molar-refractivity contribution in [3.63, 3.8) is 0 Å².